The van der Waals surface area contributed by atoms with Gasteiger partial charge in [0.2, 0.25) is 11.8 Å². The highest BCUT2D eigenvalue weighted by Crippen LogP contribution is 2.25. The smallest absolute Gasteiger partial charge is 0.236 e. The van der Waals surface area contributed by atoms with Gasteiger partial charge in [0.05, 0.1) is 13.7 Å². The van der Waals surface area contributed by atoms with Crippen LogP contribution in [0.2, 0.25) is 0 Å². The fourth-order valence-electron chi connectivity index (χ4n) is 4.31. The lowest BCUT2D eigenvalue weighted by atomic mass is 9.95. The summed E-state index contributed by atoms with van der Waals surface area (Å²) >= 11 is 0. The Morgan fingerprint density at radius 1 is 1.10 bits per heavy atom. The number of para-hydroxylation sites is 1. The fraction of sp³-hybridized carbons (Fsp3) is 0.440. The maximum Gasteiger partial charge on any atom is 0.236 e. The molecule has 0 spiro atoms. The predicted octanol–water partition coefficient (Wildman–Crippen LogP) is 3.62. The topological polar surface area (TPSA) is 61.9 Å². The van der Waals surface area contributed by atoms with E-state index in [0.717, 1.165) is 22.6 Å². The van der Waals surface area contributed by atoms with Gasteiger partial charge in [-0.1, -0.05) is 30.3 Å². The third-order valence-corrected chi connectivity index (χ3v) is 5.84. The number of methoxy groups -OCH3 is 1. The summed E-state index contributed by atoms with van der Waals surface area (Å²) < 4.78 is 5.44. The van der Waals surface area contributed by atoms with Crippen LogP contribution in [-0.4, -0.2) is 55.4 Å². The van der Waals surface area contributed by atoms with Crippen LogP contribution in [0, 0.1) is 19.8 Å². The van der Waals surface area contributed by atoms with Crippen LogP contribution >= 0.6 is 0 Å². The number of nitrogens with zero attached hydrogens (tertiary/aromatic N) is 2. The van der Waals surface area contributed by atoms with Gasteiger partial charge in [0.1, 0.15) is 5.75 Å². The minimum Gasteiger partial charge on any atom is -0.496 e. The second kappa shape index (κ2) is 10.4. The number of carbonyl (C=O) groups is 2. The molecule has 1 aliphatic rings. The van der Waals surface area contributed by atoms with Crippen molar-refractivity contribution >= 4 is 17.5 Å². The number of amides is 2. The standard InChI is InChI=1S/C25H33N3O3/c1-18-14-20(15-19(2)24(18)31-4)16-27(3)17-23(29)28-12-10-21(11-13-28)25(30)26-22-8-6-5-7-9-22/h5-9,14-15,21H,10-13,16-17H2,1-4H3,(H,26,30). The number of rotatable bonds is 7. The third kappa shape index (κ3) is 6.07. The van der Waals surface area contributed by atoms with E-state index in [1.807, 2.05) is 61.0 Å². The molecule has 0 aliphatic carbocycles. The molecule has 0 atom stereocenters. The first-order chi connectivity index (χ1) is 14.9. The molecule has 2 aromatic carbocycles. The molecule has 1 fully saturated rings. The zero-order valence-corrected chi connectivity index (χ0v) is 19.0. The molecule has 1 N–H and O–H groups in total. The monoisotopic (exact) mass is 423 g/mol. The Bertz CT molecular complexity index is 882. The van der Waals surface area contributed by atoms with Crippen molar-refractivity contribution in [3.8, 4) is 5.75 Å². The van der Waals surface area contributed by atoms with Gasteiger partial charge >= 0.3 is 0 Å². The van der Waals surface area contributed by atoms with E-state index in [1.54, 1.807) is 7.11 Å². The molecule has 0 aromatic heterocycles. The van der Waals surface area contributed by atoms with E-state index in [2.05, 4.69) is 17.4 Å². The number of anilines is 1. The summed E-state index contributed by atoms with van der Waals surface area (Å²) in [7, 11) is 3.65. The van der Waals surface area contributed by atoms with Crippen LogP contribution in [-0.2, 0) is 16.1 Å². The molecule has 2 aromatic rings. The highest BCUT2D eigenvalue weighted by atomic mass is 16.5. The largest absolute Gasteiger partial charge is 0.496 e. The van der Waals surface area contributed by atoms with E-state index in [9.17, 15) is 9.59 Å². The van der Waals surface area contributed by atoms with Crippen molar-refractivity contribution in [1.82, 2.24) is 9.80 Å². The lowest BCUT2D eigenvalue weighted by Gasteiger charge is -2.32. The second-order valence-corrected chi connectivity index (χ2v) is 8.45. The Morgan fingerprint density at radius 3 is 2.29 bits per heavy atom. The molecule has 3 rings (SSSR count). The maximum absolute atomic E-state index is 12.8. The zero-order valence-electron chi connectivity index (χ0n) is 19.0. The zero-order chi connectivity index (χ0) is 22.4. The van der Waals surface area contributed by atoms with Crippen LogP contribution in [0.15, 0.2) is 42.5 Å². The van der Waals surface area contributed by atoms with Crippen molar-refractivity contribution in [1.29, 1.82) is 0 Å². The fourth-order valence-corrected chi connectivity index (χ4v) is 4.31. The molecule has 0 radical (unpaired) electrons. The number of benzene rings is 2. The summed E-state index contributed by atoms with van der Waals surface area (Å²) in [5, 5.41) is 2.97. The first-order valence-corrected chi connectivity index (χ1v) is 10.8. The Morgan fingerprint density at radius 2 is 1.71 bits per heavy atom. The molecule has 1 heterocycles. The van der Waals surface area contributed by atoms with E-state index in [4.69, 9.17) is 4.74 Å². The van der Waals surface area contributed by atoms with Gasteiger partial charge in [-0.15, -0.1) is 0 Å². The van der Waals surface area contributed by atoms with Crippen molar-refractivity contribution in [3.05, 3.63) is 59.2 Å². The molecule has 0 bridgehead atoms. The molecule has 1 aliphatic heterocycles. The average Bonchev–Trinajstić information content (AvgIpc) is 2.74. The van der Waals surface area contributed by atoms with Gasteiger partial charge in [-0.3, -0.25) is 14.5 Å². The van der Waals surface area contributed by atoms with Crippen LogP contribution in [0.5, 0.6) is 5.75 Å². The predicted molar refractivity (Wildman–Crippen MR) is 123 cm³/mol. The number of ether oxygens (including phenoxy) is 1. The Hall–Kier alpha value is -2.86. The normalized spacial score (nSPS) is 14.5. The average molecular weight is 424 g/mol. The number of carbonyl (C=O) groups excluding carboxylic acids is 2. The summed E-state index contributed by atoms with van der Waals surface area (Å²) in [5.74, 6) is 1.03. The number of likely N-dealkylation sites (tertiary alicyclic amines) is 1. The number of hydrogen-bond acceptors (Lipinski definition) is 4. The first-order valence-electron chi connectivity index (χ1n) is 10.8. The number of nitrogens with one attached hydrogen (secondary N) is 1. The molecule has 31 heavy (non-hydrogen) atoms. The quantitative estimate of drug-likeness (QED) is 0.739. The SMILES string of the molecule is COc1c(C)cc(CN(C)CC(=O)N2CCC(C(=O)Nc3ccccc3)CC2)cc1C. The van der Waals surface area contributed by atoms with Gasteiger partial charge in [-0.2, -0.15) is 0 Å². The molecule has 166 valence electrons. The molecular formula is C25H33N3O3. The molecule has 6 heteroatoms. The molecule has 2 amide bonds. The Labute approximate surface area is 185 Å². The van der Waals surface area contributed by atoms with Crippen LogP contribution < -0.4 is 10.1 Å². The van der Waals surface area contributed by atoms with Gasteiger partial charge in [-0.25, -0.2) is 0 Å². The summed E-state index contributed by atoms with van der Waals surface area (Å²) in [5.41, 5.74) is 4.19. The van der Waals surface area contributed by atoms with E-state index in [-0.39, 0.29) is 17.7 Å². The highest BCUT2D eigenvalue weighted by Gasteiger charge is 2.27. The van der Waals surface area contributed by atoms with Crippen molar-refractivity contribution in [2.24, 2.45) is 5.92 Å². The van der Waals surface area contributed by atoms with E-state index >= 15 is 0 Å². The summed E-state index contributed by atoms with van der Waals surface area (Å²) in [6, 6.07) is 13.7. The molecular weight excluding hydrogens is 390 g/mol. The van der Waals surface area contributed by atoms with Crippen molar-refractivity contribution in [2.75, 3.05) is 39.1 Å². The van der Waals surface area contributed by atoms with Gasteiger partial charge < -0.3 is 15.0 Å². The van der Waals surface area contributed by atoms with Gasteiger partial charge in [0.25, 0.3) is 0 Å². The highest BCUT2D eigenvalue weighted by molar-refractivity contribution is 5.92. The lowest BCUT2D eigenvalue weighted by molar-refractivity contribution is -0.135. The van der Waals surface area contributed by atoms with Crippen LogP contribution in [0.25, 0.3) is 0 Å². The molecule has 1 saturated heterocycles. The lowest BCUT2D eigenvalue weighted by Crippen LogP contribution is -2.45. The number of hydrogen-bond donors (Lipinski definition) is 1. The van der Waals surface area contributed by atoms with Crippen molar-refractivity contribution in [3.63, 3.8) is 0 Å². The van der Waals surface area contributed by atoms with E-state index in [1.165, 1.54) is 5.56 Å². The number of piperidine rings is 1. The van der Waals surface area contributed by atoms with Crippen LogP contribution in [0.4, 0.5) is 5.69 Å². The van der Waals surface area contributed by atoms with Crippen LogP contribution in [0.1, 0.15) is 29.5 Å². The first kappa shape index (κ1) is 22.8. The van der Waals surface area contributed by atoms with Gasteiger partial charge in [0, 0.05) is 31.2 Å². The third-order valence-electron chi connectivity index (χ3n) is 5.84. The Kier molecular flexibility index (Phi) is 7.69. The minimum atomic E-state index is -0.0489. The van der Waals surface area contributed by atoms with Gasteiger partial charge in [-0.05, 0) is 62.6 Å². The summed E-state index contributed by atoms with van der Waals surface area (Å²) in [6.07, 6.45) is 1.40. The second-order valence-electron chi connectivity index (χ2n) is 8.45. The van der Waals surface area contributed by atoms with Crippen LogP contribution in [0.3, 0.4) is 0 Å². The molecule has 6 nitrogen and oxygen atoms in total. The Balaban J connectivity index is 1.47. The number of likely N-dealkylation sites (N-methyl/N-ethyl adjacent to an activating group) is 1. The number of aryl methyl sites for hydroxylation is 2. The maximum atomic E-state index is 12.8. The summed E-state index contributed by atoms with van der Waals surface area (Å²) in [4.78, 5) is 29.2. The molecule has 0 saturated carbocycles. The molecule has 0 unspecified atom stereocenters. The van der Waals surface area contributed by atoms with Crippen molar-refractivity contribution in [2.45, 2.75) is 33.2 Å². The minimum absolute atomic E-state index is 0.0423. The van der Waals surface area contributed by atoms with E-state index in [0.29, 0.717) is 39.0 Å². The van der Waals surface area contributed by atoms with E-state index < -0.39 is 0 Å². The van der Waals surface area contributed by atoms with Gasteiger partial charge in [0.15, 0.2) is 0 Å². The summed E-state index contributed by atoms with van der Waals surface area (Å²) in [6.45, 7) is 6.40. The van der Waals surface area contributed by atoms with Crippen molar-refractivity contribution < 1.29 is 14.3 Å².